The molecule has 3 rings (SSSR count). The number of para-hydroxylation sites is 1. The fourth-order valence-corrected chi connectivity index (χ4v) is 3.94. The minimum atomic E-state index is 0.0361. The molecule has 1 aliphatic heterocycles. The van der Waals surface area contributed by atoms with Crippen LogP contribution in [0.15, 0.2) is 24.3 Å². The van der Waals surface area contributed by atoms with Crippen LogP contribution in [0.1, 0.15) is 38.7 Å². The molecule has 0 atom stereocenters. The highest BCUT2D eigenvalue weighted by Crippen LogP contribution is 2.29. The van der Waals surface area contributed by atoms with Gasteiger partial charge in [-0.15, -0.1) is 0 Å². The van der Waals surface area contributed by atoms with Crippen molar-refractivity contribution in [3.8, 4) is 0 Å². The van der Waals surface area contributed by atoms with E-state index in [0.29, 0.717) is 13.1 Å². The van der Waals surface area contributed by atoms with E-state index >= 15 is 0 Å². The molecule has 2 aliphatic rings. The van der Waals surface area contributed by atoms with Gasteiger partial charge in [0.15, 0.2) is 0 Å². The minimum Gasteiger partial charge on any atom is -0.341 e. The third-order valence-corrected chi connectivity index (χ3v) is 5.89. The average Bonchev–Trinajstić information content (AvgIpc) is 3.53. The number of carbonyl (C=O) groups excluding carboxylic acids is 2. The number of piperazine rings is 1. The number of amides is 2. The van der Waals surface area contributed by atoms with E-state index in [4.69, 9.17) is 0 Å². The van der Waals surface area contributed by atoms with Gasteiger partial charge in [0.25, 0.3) is 0 Å². The second-order valence-electron chi connectivity index (χ2n) is 8.39. The van der Waals surface area contributed by atoms with Gasteiger partial charge in [0.05, 0.1) is 13.1 Å². The summed E-state index contributed by atoms with van der Waals surface area (Å²) in [5.74, 6) is 1.04. The van der Waals surface area contributed by atoms with Crippen LogP contribution in [0.25, 0.3) is 0 Å². The lowest BCUT2D eigenvalue weighted by Crippen LogP contribution is -2.51. The molecule has 2 fully saturated rings. The fraction of sp³-hybridized carbons (Fsp3) is 0.652. The lowest BCUT2D eigenvalue weighted by molar-refractivity contribution is -0.133. The number of benzene rings is 1. The van der Waals surface area contributed by atoms with E-state index in [1.54, 1.807) is 0 Å². The van der Waals surface area contributed by atoms with Gasteiger partial charge in [0, 0.05) is 45.0 Å². The third kappa shape index (κ3) is 6.82. The van der Waals surface area contributed by atoms with Crippen molar-refractivity contribution in [3.05, 3.63) is 29.8 Å². The van der Waals surface area contributed by atoms with Crippen molar-refractivity contribution in [2.75, 3.05) is 57.7 Å². The first kappa shape index (κ1) is 21.8. The summed E-state index contributed by atoms with van der Waals surface area (Å²) in [4.78, 5) is 31.6. The van der Waals surface area contributed by atoms with Crippen LogP contribution in [-0.2, 0) is 16.0 Å². The monoisotopic (exact) mass is 400 g/mol. The molecule has 0 aromatic heterocycles. The molecule has 160 valence electrons. The number of aryl methyl sites for hydroxylation is 1. The van der Waals surface area contributed by atoms with Crippen molar-refractivity contribution in [2.45, 2.75) is 39.5 Å². The summed E-state index contributed by atoms with van der Waals surface area (Å²) >= 11 is 0. The Morgan fingerprint density at radius 1 is 1.03 bits per heavy atom. The van der Waals surface area contributed by atoms with Crippen LogP contribution in [0.2, 0.25) is 0 Å². The predicted octanol–water partition coefficient (Wildman–Crippen LogP) is 2.45. The molecular formula is C23H36N4O2. The molecular weight excluding hydrogens is 364 g/mol. The van der Waals surface area contributed by atoms with Gasteiger partial charge in [-0.2, -0.15) is 0 Å². The van der Waals surface area contributed by atoms with Gasteiger partial charge >= 0.3 is 0 Å². The maximum atomic E-state index is 12.7. The Morgan fingerprint density at radius 2 is 1.69 bits per heavy atom. The quantitative estimate of drug-likeness (QED) is 0.656. The molecule has 1 N–H and O–H groups in total. The van der Waals surface area contributed by atoms with Crippen molar-refractivity contribution in [1.82, 2.24) is 14.7 Å². The first-order chi connectivity index (χ1) is 14.1. The van der Waals surface area contributed by atoms with E-state index in [1.165, 1.54) is 12.8 Å². The second-order valence-corrected chi connectivity index (χ2v) is 8.39. The molecule has 6 heteroatoms. The van der Waals surface area contributed by atoms with Crippen molar-refractivity contribution in [2.24, 2.45) is 5.92 Å². The molecule has 1 aromatic carbocycles. The largest absolute Gasteiger partial charge is 0.341 e. The van der Waals surface area contributed by atoms with Crippen molar-refractivity contribution in [3.63, 3.8) is 0 Å². The number of anilines is 1. The lowest BCUT2D eigenvalue weighted by atomic mass is 10.1. The molecule has 0 radical (unpaired) electrons. The molecule has 1 saturated heterocycles. The van der Waals surface area contributed by atoms with E-state index in [-0.39, 0.29) is 11.8 Å². The van der Waals surface area contributed by atoms with Gasteiger partial charge in [0.1, 0.15) is 0 Å². The molecule has 6 nitrogen and oxygen atoms in total. The third-order valence-electron chi connectivity index (χ3n) is 5.89. The number of carbonyl (C=O) groups is 2. The average molecular weight is 401 g/mol. The van der Waals surface area contributed by atoms with Crippen LogP contribution < -0.4 is 5.32 Å². The normalized spacial score (nSPS) is 17.9. The molecule has 0 unspecified atom stereocenters. The summed E-state index contributed by atoms with van der Waals surface area (Å²) < 4.78 is 0. The standard InChI is InChI=1S/C23H36N4O2/c1-3-11-27(16-19-9-10-19)23(29)18-26-14-12-25(13-15-26)17-22(28)24-21-8-6-5-7-20(21)4-2/h5-8,19H,3-4,9-18H2,1-2H3,(H,24,28). The van der Waals surface area contributed by atoms with E-state index in [9.17, 15) is 9.59 Å². The highest BCUT2D eigenvalue weighted by atomic mass is 16.2. The lowest BCUT2D eigenvalue weighted by Gasteiger charge is -2.35. The molecule has 0 bridgehead atoms. The van der Waals surface area contributed by atoms with E-state index in [1.807, 2.05) is 18.2 Å². The molecule has 29 heavy (non-hydrogen) atoms. The number of nitrogens with zero attached hydrogens (tertiary/aromatic N) is 3. The van der Waals surface area contributed by atoms with Gasteiger partial charge in [0.2, 0.25) is 11.8 Å². The van der Waals surface area contributed by atoms with Crippen LogP contribution in [-0.4, -0.2) is 78.9 Å². The maximum absolute atomic E-state index is 12.7. The summed E-state index contributed by atoms with van der Waals surface area (Å²) in [6.45, 7) is 10.3. The Bertz CT molecular complexity index is 681. The number of nitrogens with one attached hydrogen (secondary N) is 1. The Kier molecular flexibility index (Phi) is 8.07. The number of hydrogen-bond donors (Lipinski definition) is 1. The second kappa shape index (κ2) is 10.7. The first-order valence-electron chi connectivity index (χ1n) is 11.2. The van der Waals surface area contributed by atoms with Crippen molar-refractivity contribution in [1.29, 1.82) is 0 Å². The highest BCUT2D eigenvalue weighted by Gasteiger charge is 2.28. The molecule has 2 amide bonds. The predicted molar refractivity (Wildman–Crippen MR) is 117 cm³/mol. The van der Waals surface area contributed by atoms with Crippen LogP contribution in [0.3, 0.4) is 0 Å². The van der Waals surface area contributed by atoms with Crippen LogP contribution in [0.5, 0.6) is 0 Å². The van der Waals surface area contributed by atoms with E-state index in [0.717, 1.165) is 69.3 Å². The Labute approximate surface area is 175 Å². The van der Waals surface area contributed by atoms with Crippen LogP contribution in [0, 0.1) is 5.92 Å². The number of hydrogen-bond acceptors (Lipinski definition) is 4. The zero-order chi connectivity index (χ0) is 20.6. The minimum absolute atomic E-state index is 0.0361. The molecule has 1 aromatic rings. The smallest absolute Gasteiger partial charge is 0.238 e. The summed E-state index contributed by atoms with van der Waals surface area (Å²) in [7, 11) is 0. The Hall–Kier alpha value is -1.92. The maximum Gasteiger partial charge on any atom is 0.238 e. The Balaban J connectivity index is 1.40. The van der Waals surface area contributed by atoms with Crippen molar-refractivity contribution < 1.29 is 9.59 Å². The molecule has 1 aliphatic carbocycles. The van der Waals surface area contributed by atoms with Crippen LogP contribution in [0.4, 0.5) is 5.69 Å². The Morgan fingerprint density at radius 3 is 2.31 bits per heavy atom. The van der Waals surface area contributed by atoms with Gasteiger partial charge < -0.3 is 10.2 Å². The molecule has 1 saturated carbocycles. The summed E-state index contributed by atoms with van der Waals surface area (Å²) in [5.41, 5.74) is 2.07. The topological polar surface area (TPSA) is 55.9 Å². The first-order valence-corrected chi connectivity index (χ1v) is 11.2. The van der Waals surface area contributed by atoms with E-state index < -0.39 is 0 Å². The zero-order valence-corrected chi connectivity index (χ0v) is 18.0. The molecule has 0 spiro atoms. The summed E-state index contributed by atoms with van der Waals surface area (Å²) in [6, 6.07) is 7.97. The van der Waals surface area contributed by atoms with Crippen LogP contribution >= 0.6 is 0 Å². The van der Waals surface area contributed by atoms with E-state index in [2.05, 4.69) is 39.9 Å². The summed E-state index contributed by atoms with van der Waals surface area (Å²) in [6.07, 6.45) is 4.47. The fourth-order valence-electron chi connectivity index (χ4n) is 3.94. The van der Waals surface area contributed by atoms with Crippen molar-refractivity contribution >= 4 is 17.5 Å². The van der Waals surface area contributed by atoms with Gasteiger partial charge in [-0.05, 0) is 43.2 Å². The van der Waals surface area contributed by atoms with Gasteiger partial charge in [-0.25, -0.2) is 0 Å². The van der Waals surface area contributed by atoms with Gasteiger partial charge in [-0.1, -0.05) is 32.0 Å². The van der Waals surface area contributed by atoms with Gasteiger partial charge in [-0.3, -0.25) is 19.4 Å². The zero-order valence-electron chi connectivity index (χ0n) is 18.0. The number of rotatable bonds is 10. The summed E-state index contributed by atoms with van der Waals surface area (Å²) in [5, 5.41) is 3.05. The SMILES string of the molecule is CCCN(CC1CC1)C(=O)CN1CCN(CC(=O)Nc2ccccc2CC)CC1. The highest BCUT2D eigenvalue weighted by molar-refractivity contribution is 5.93. The molecule has 1 heterocycles.